The van der Waals surface area contributed by atoms with Crippen molar-refractivity contribution in [1.29, 1.82) is 0 Å². The second-order valence-electron chi connectivity index (χ2n) is 6.47. The second-order valence-corrected chi connectivity index (χ2v) is 10.5. The fraction of sp³-hybridized carbons (Fsp3) is 0.278. The first-order valence-electron chi connectivity index (χ1n) is 8.50. The van der Waals surface area contributed by atoms with E-state index in [1.54, 1.807) is 0 Å². The van der Waals surface area contributed by atoms with Crippen molar-refractivity contribution in [2.75, 3.05) is 24.6 Å². The van der Waals surface area contributed by atoms with Crippen LogP contribution < -0.4 is 4.72 Å². The van der Waals surface area contributed by atoms with Crippen LogP contribution in [0.4, 0.5) is 18.9 Å². The normalized spacial score (nSPS) is 13.0. The Morgan fingerprint density at radius 1 is 1.13 bits per heavy atom. The Morgan fingerprint density at radius 2 is 1.77 bits per heavy atom. The topological polar surface area (TPSA) is 83.6 Å². The van der Waals surface area contributed by atoms with Gasteiger partial charge in [-0.05, 0) is 36.4 Å². The summed E-state index contributed by atoms with van der Waals surface area (Å²) in [6.07, 6.45) is -4.91. The van der Waals surface area contributed by atoms with E-state index in [4.69, 9.17) is 23.2 Å². The molecule has 0 aliphatic carbocycles. The standard InChI is InChI=1S/C18H17Cl2F3N2O4S2/c1-25(2)17(26)7-8-30(27)16-6-3-11(19)9-15(16)24-31(28,29)12-4-5-14(20)13(10-12)18(21,22)23/h3-6,9-10,24H,7-8H2,1-2H3. The third kappa shape index (κ3) is 6.58. The molecule has 0 saturated heterocycles. The van der Waals surface area contributed by atoms with Crippen LogP contribution in [0.15, 0.2) is 46.2 Å². The van der Waals surface area contributed by atoms with Crippen LogP contribution in [0.2, 0.25) is 10.0 Å². The number of halogens is 5. The number of nitrogens with one attached hydrogen (secondary N) is 1. The molecule has 1 atom stereocenters. The molecule has 0 spiro atoms. The molecule has 2 rings (SSSR count). The van der Waals surface area contributed by atoms with Gasteiger partial charge in [-0.15, -0.1) is 0 Å². The van der Waals surface area contributed by atoms with Gasteiger partial charge in [0.2, 0.25) is 5.91 Å². The highest BCUT2D eigenvalue weighted by Gasteiger charge is 2.34. The van der Waals surface area contributed by atoms with Gasteiger partial charge in [-0.25, -0.2) is 8.42 Å². The second kappa shape index (κ2) is 9.76. The molecule has 0 saturated carbocycles. The first-order valence-corrected chi connectivity index (χ1v) is 12.1. The lowest BCUT2D eigenvalue weighted by molar-refractivity contribution is -0.137. The minimum absolute atomic E-state index is 0.0320. The van der Waals surface area contributed by atoms with E-state index < -0.39 is 42.5 Å². The predicted octanol–water partition coefficient (Wildman–Crippen LogP) is 4.40. The zero-order valence-corrected chi connectivity index (χ0v) is 19.3. The number of anilines is 1. The van der Waals surface area contributed by atoms with Gasteiger partial charge in [-0.2, -0.15) is 13.2 Å². The van der Waals surface area contributed by atoms with Gasteiger partial charge in [0.15, 0.2) is 0 Å². The predicted molar refractivity (Wildman–Crippen MR) is 113 cm³/mol. The molecule has 6 nitrogen and oxygen atoms in total. The number of sulfonamides is 1. The van der Waals surface area contributed by atoms with E-state index in [0.717, 1.165) is 12.1 Å². The zero-order chi connectivity index (χ0) is 23.6. The van der Waals surface area contributed by atoms with Crippen molar-refractivity contribution in [3.63, 3.8) is 0 Å². The van der Waals surface area contributed by atoms with Crippen molar-refractivity contribution in [2.45, 2.75) is 22.4 Å². The van der Waals surface area contributed by atoms with Crippen molar-refractivity contribution in [2.24, 2.45) is 0 Å². The van der Waals surface area contributed by atoms with Gasteiger partial charge in [0.05, 0.1) is 36.9 Å². The highest BCUT2D eigenvalue weighted by atomic mass is 35.5. The lowest BCUT2D eigenvalue weighted by Gasteiger charge is -2.15. The van der Waals surface area contributed by atoms with Gasteiger partial charge >= 0.3 is 6.18 Å². The summed E-state index contributed by atoms with van der Waals surface area (Å²) < 4.78 is 79.4. The van der Waals surface area contributed by atoms with Crippen LogP contribution in [-0.2, 0) is 31.8 Å². The maximum atomic E-state index is 13.1. The number of hydrogen-bond donors (Lipinski definition) is 1. The Labute approximate surface area is 189 Å². The van der Waals surface area contributed by atoms with E-state index >= 15 is 0 Å². The largest absolute Gasteiger partial charge is 0.417 e. The molecule has 170 valence electrons. The Morgan fingerprint density at radius 3 is 2.35 bits per heavy atom. The van der Waals surface area contributed by atoms with Crippen LogP contribution >= 0.6 is 23.2 Å². The maximum Gasteiger partial charge on any atom is 0.417 e. The number of hydrogen-bond acceptors (Lipinski definition) is 4. The summed E-state index contributed by atoms with van der Waals surface area (Å²) in [4.78, 5) is 12.4. The molecule has 0 heterocycles. The molecule has 0 aromatic heterocycles. The molecule has 31 heavy (non-hydrogen) atoms. The summed E-state index contributed by atoms with van der Waals surface area (Å²) in [5.74, 6) is -0.364. The molecule has 1 unspecified atom stereocenters. The summed E-state index contributed by atoms with van der Waals surface area (Å²) in [6, 6.07) is 6.02. The molecular weight excluding hydrogens is 500 g/mol. The number of benzene rings is 2. The summed E-state index contributed by atoms with van der Waals surface area (Å²) in [7, 11) is -3.22. The van der Waals surface area contributed by atoms with Gasteiger partial charge in [-0.1, -0.05) is 23.2 Å². The van der Waals surface area contributed by atoms with Gasteiger partial charge in [0.25, 0.3) is 10.0 Å². The summed E-state index contributed by atoms with van der Waals surface area (Å²) in [6.45, 7) is 0. The van der Waals surface area contributed by atoms with E-state index in [-0.39, 0.29) is 33.7 Å². The Hall–Kier alpha value is -1.82. The lowest BCUT2D eigenvalue weighted by atomic mass is 10.2. The molecule has 0 bridgehead atoms. The Balaban J connectivity index is 2.39. The smallest absolute Gasteiger partial charge is 0.349 e. The average molecular weight is 517 g/mol. The van der Waals surface area contributed by atoms with E-state index in [9.17, 15) is 30.6 Å². The van der Waals surface area contributed by atoms with Crippen molar-refractivity contribution in [1.82, 2.24) is 4.90 Å². The third-order valence-corrected chi connectivity index (χ3v) is 7.33. The number of alkyl halides is 3. The lowest BCUT2D eigenvalue weighted by Crippen LogP contribution is -2.23. The van der Waals surface area contributed by atoms with Gasteiger partial charge in [0, 0.05) is 31.3 Å². The van der Waals surface area contributed by atoms with E-state index in [1.165, 1.54) is 37.2 Å². The fourth-order valence-electron chi connectivity index (χ4n) is 2.39. The van der Waals surface area contributed by atoms with Crippen molar-refractivity contribution in [3.05, 3.63) is 52.0 Å². The van der Waals surface area contributed by atoms with Crippen molar-refractivity contribution in [3.8, 4) is 0 Å². The summed E-state index contributed by atoms with van der Waals surface area (Å²) in [5.41, 5.74) is -1.49. The molecule has 0 radical (unpaired) electrons. The number of nitrogens with zero attached hydrogens (tertiary/aromatic N) is 1. The SMILES string of the molecule is CN(C)C(=O)CCS(=O)c1ccc(Cl)cc1NS(=O)(=O)c1ccc(Cl)c(C(F)(F)F)c1. The van der Waals surface area contributed by atoms with E-state index in [2.05, 4.69) is 4.72 Å². The van der Waals surface area contributed by atoms with Crippen LogP contribution in [0.25, 0.3) is 0 Å². The minimum Gasteiger partial charge on any atom is -0.349 e. The van der Waals surface area contributed by atoms with E-state index in [0.29, 0.717) is 6.07 Å². The highest BCUT2D eigenvalue weighted by Crippen LogP contribution is 2.36. The van der Waals surface area contributed by atoms with Crippen LogP contribution in [0, 0.1) is 0 Å². The summed E-state index contributed by atoms with van der Waals surface area (Å²) in [5, 5.41) is -0.545. The maximum absolute atomic E-state index is 13.1. The number of rotatable bonds is 7. The minimum atomic E-state index is -4.86. The molecule has 0 aliphatic heterocycles. The molecule has 0 fully saturated rings. The Bertz CT molecular complexity index is 1120. The van der Waals surface area contributed by atoms with Crippen LogP contribution in [-0.4, -0.2) is 43.3 Å². The van der Waals surface area contributed by atoms with Crippen LogP contribution in [0.1, 0.15) is 12.0 Å². The number of amides is 1. The van der Waals surface area contributed by atoms with Gasteiger partial charge in [-0.3, -0.25) is 13.7 Å². The molecule has 1 amide bonds. The van der Waals surface area contributed by atoms with Crippen LogP contribution in [0.5, 0.6) is 0 Å². The monoisotopic (exact) mass is 516 g/mol. The quantitative estimate of drug-likeness (QED) is 0.591. The van der Waals surface area contributed by atoms with E-state index in [1.807, 2.05) is 0 Å². The van der Waals surface area contributed by atoms with Crippen LogP contribution in [0.3, 0.4) is 0 Å². The van der Waals surface area contributed by atoms with Crippen molar-refractivity contribution < 1.29 is 30.6 Å². The van der Waals surface area contributed by atoms with Crippen molar-refractivity contribution >= 4 is 55.6 Å². The van der Waals surface area contributed by atoms with Gasteiger partial charge < -0.3 is 4.90 Å². The number of carbonyl (C=O) groups excluding carboxylic acids is 1. The third-order valence-electron chi connectivity index (χ3n) is 3.98. The molecule has 13 heteroatoms. The Kier molecular flexibility index (Phi) is 8.01. The first-order chi connectivity index (χ1) is 14.2. The summed E-state index contributed by atoms with van der Waals surface area (Å²) >= 11 is 11.4. The molecule has 2 aromatic carbocycles. The molecule has 1 N–H and O–H groups in total. The number of carbonyl (C=O) groups is 1. The van der Waals surface area contributed by atoms with Gasteiger partial charge in [0.1, 0.15) is 0 Å². The first kappa shape index (κ1) is 25.4. The molecule has 0 aliphatic rings. The zero-order valence-electron chi connectivity index (χ0n) is 16.2. The average Bonchev–Trinajstić information content (AvgIpc) is 2.64. The molecule has 2 aromatic rings. The highest BCUT2D eigenvalue weighted by molar-refractivity contribution is 7.92. The molecular formula is C18H17Cl2F3N2O4S2. The fourth-order valence-corrected chi connectivity index (χ4v) is 5.10.